The Morgan fingerprint density at radius 3 is 2.18 bits per heavy atom. The Bertz CT molecular complexity index is 759. The number of hydrogen-bond acceptors (Lipinski definition) is 5. The average Bonchev–Trinajstić information content (AvgIpc) is 3.05. The molecule has 0 aliphatic carbocycles. The van der Waals surface area contributed by atoms with Gasteiger partial charge < -0.3 is 14.6 Å². The van der Waals surface area contributed by atoms with Crippen LogP contribution in [0.25, 0.3) is 16.9 Å². The van der Waals surface area contributed by atoms with Gasteiger partial charge in [-0.1, -0.05) is 5.21 Å². The number of benzene rings is 2. The number of rotatable bonds is 4. The summed E-state index contributed by atoms with van der Waals surface area (Å²) < 4.78 is 12.2. The second-order valence-corrected chi connectivity index (χ2v) is 4.67. The van der Waals surface area contributed by atoms with Gasteiger partial charge in [0, 0.05) is 23.8 Å². The molecule has 0 saturated carbocycles. The standard InChI is InChI=1S/C16H15N3O3/c1-21-14-7-12(8-15(9-14)22-2)19-10-16(17-18-19)11-3-5-13(20)6-4-11/h3-10,20H,1-2H3. The first-order chi connectivity index (χ1) is 10.7. The lowest BCUT2D eigenvalue weighted by Gasteiger charge is -2.07. The van der Waals surface area contributed by atoms with Crippen LogP contribution in [0.1, 0.15) is 0 Å². The summed E-state index contributed by atoms with van der Waals surface area (Å²) in [6, 6.07) is 12.3. The molecule has 112 valence electrons. The van der Waals surface area contributed by atoms with Crippen molar-refractivity contribution in [3.63, 3.8) is 0 Å². The maximum atomic E-state index is 9.33. The highest BCUT2D eigenvalue weighted by atomic mass is 16.5. The Kier molecular flexibility index (Phi) is 3.65. The normalized spacial score (nSPS) is 10.5. The van der Waals surface area contributed by atoms with Gasteiger partial charge in [-0.2, -0.15) is 0 Å². The third-order valence-electron chi connectivity index (χ3n) is 3.26. The molecule has 0 unspecified atom stereocenters. The predicted octanol–water partition coefficient (Wildman–Crippen LogP) is 2.66. The fraction of sp³-hybridized carbons (Fsp3) is 0.125. The zero-order chi connectivity index (χ0) is 15.5. The lowest BCUT2D eigenvalue weighted by Crippen LogP contribution is -1.97. The Morgan fingerprint density at radius 2 is 1.59 bits per heavy atom. The number of nitrogens with zero attached hydrogens (tertiary/aromatic N) is 3. The van der Waals surface area contributed by atoms with Crippen molar-refractivity contribution in [1.29, 1.82) is 0 Å². The van der Waals surface area contributed by atoms with Crippen LogP contribution in [0, 0.1) is 0 Å². The molecule has 1 aromatic heterocycles. The molecule has 0 amide bonds. The fourth-order valence-electron chi connectivity index (χ4n) is 2.08. The van der Waals surface area contributed by atoms with E-state index < -0.39 is 0 Å². The first-order valence-electron chi connectivity index (χ1n) is 6.65. The van der Waals surface area contributed by atoms with Crippen LogP contribution in [0.15, 0.2) is 48.7 Å². The molecule has 1 N–H and O–H groups in total. The summed E-state index contributed by atoms with van der Waals surface area (Å²) in [5.74, 6) is 1.57. The van der Waals surface area contributed by atoms with Crippen molar-refractivity contribution in [1.82, 2.24) is 15.0 Å². The van der Waals surface area contributed by atoms with Crippen LogP contribution in [0.3, 0.4) is 0 Å². The van der Waals surface area contributed by atoms with Gasteiger partial charge in [-0.25, -0.2) is 4.68 Å². The van der Waals surface area contributed by atoms with E-state index in [4.69, 9.17) is 9.47 Å². The molecule has 3 rings (SSSR count). The molecule has 0 fully saturated rings. The molecular formula is C16H15N3O3. The molecular weight excluding hydrogens is 282 g/mol. The van der Waals surface area contributed by atoms with E-state index >= 15 is 0 Å². The Hall–Kier alpha value is -3.02. The van der Waals surface area contributed by atoms with Crippen molar-refractivity contribution in [2.75, 3.05) is 14.2 Å². The van der Waals surface area contributed by atoms with Gasteiger partial charge in [-0.15, -0.1) is 5.10 Å². The quantitative estimate of drug-likeness (QED) is 0.801. The fourth-order valence-corrected chi connectivity index (χ4v) is 2.08. The van der Waals surface area contributed by atoms with Crippen molar-refractivity contribution < 1.29 is 14.6 Å². The number of aromatic nitrogens is 3. The molecule has 0 aliphatic rings. The molecule has 0 spiro atoms. The molecule has 22 heavy (non-hydrogen) atoms. The van der Waals surface area contributed by atoms with E-state index in [0.29, 0.717) is 17.2 Å². The molecule has 0 bridgehead atoms. The van der Waals surface area contributed by atoms with E-state index in [0.717, 1.165) is 11.3 Å². The topological polar surface area (TPSA) is 69.4 Å². The van der Waals surface area contributed by atoms with Gasteiger partial charge >= 0.3 is 0 Å². The van der Waals surface area contributed by atoms with Crippen molar-refractivity contribution in [2.45, 2.75) is 0 Å². The second kappa shape index (κ2) is 5.77. The van der Waals surface area contributed by atoms with Crippen LogP contribution >= 0.6 is 0 Å². The molecule has 3 aromatic rings. The van der Waals surface area contributed by atoms with Gasteiger partial charge in [0.15, 0.2) is 0 Å². The summed E-state index contributed by atoms with van der Waals surface area (Å²) >= 11 is 0. The van der Waals surface area contributed by atoms with Gasteiger partial charge in [-0.3, -0.25) is 0 Å². The summed E-state index contributed by atoms with van der Waals surface area (Å²) in [7, 11) is 3.20. The monoisotopic (exact) mass is 297 g/mol. The number of ether oxygens (including phenoxy) is 2. The zero-order valence-corrected chi connectivity index (χ0v) is 12.2. The van der Waals surface area contributed by atoms with Gasteiger partial charge in [0.1, 0.15) is 22.9 Å². The molecule has 6 nitrogen and oxygen atoms in total. The van der Waals surface area contributed by atoms with Crippen LogP contribution in [0.4, 0.5) is 0 Å². The highest BCUT2D eigenvalue weighted by Crippen LogP contribution is 2.26. The zero-order valence-electron chi connectivity index (χ0n) is 12.2. The summed E-state index contributed by atoms with van der Waals surface area (Å²) in [5.41, 5.74) is 2.37. The Labute approximate surface area is 127 Å². The van der Waals surface area contributed by atoms with Gasteiger partial charge in [0.25, 0.3) is 0 Å². The summed E-state index contributed by atoms with van der Waals surface area (Å²) in [5, 5.41) is 17.6. The SMILES string of the molecule is COc1cc(OC)cc(-n2cc(-c3ccc(O)cc3)nn2)c1. The van der Waals surface area contributed by atoms with Crippen LogP contribution in [0.5, 0.6) is 17.2 Å². The van der Waals surface area contributed by atoms with Crippen molar-refractivity contribution in [3.05, 3.63) is 48.7 Å². The molecule has 0 atom stereocenters. The molecule has 1 heterocycles. The number of phenolic OH excluding ortho intramolecular Hbond substituents is 1. The maximum Gasteiger partial charge on any atom is 0.124 e. The van der Waals surface area contributed by atoms with Crippen LogP contribution < -0.4 is 9.47 Å². The van der Waals surface area contributed by atoms with E-state index in [9.17, 15) is 5.11 Å². The lowest BCUT2D eigenvalue weighted by atomic mass is 10.2. The number of phenols is 1. The van der Waals surface area contributed by atoms with Crippen molar-refractivity contribution in [2.24, 2.45) is 0 Å². The highest BCUT2D eigenvalue weighted by molar-refractivity contribution is 5.59. The number of hydrogen-bond donors (Lipinski definition) is 1. The van der Waals surface area contributed by atoms with Crippen LogP contribution in [-0.4, -0.2) is 34.3 Å². The van der Waals surface area contributed by atoms with Gasteiger partial charge in [0.2, 0.25) is 0 Å². The smallest absolute Gasteiger partial charge is 0.124 e. The first kappa shape index (κ1) is 13.9. The molecule has 0 radical (unpaired) electrons. The number of aromatic hydroxyl groups is 1. The Morgan fingerprint density at radius 1 is 0.955 bits per heavy atom. The third-order valence-corrected chi connectivity index (χ3v) is 3.26. The third kappa shape index (κ3) is 2.71. The van der Waals surface area contributed by atoms with E-state index in [2.05, 4.69) is 10.3 Å². The molecule has 0 aliphatic heterocycles. The summed E-state index contributed by atoms with van der Waals surface area (Å²) in [6.07, 6.45) is 1.81. The Balaban J connectivity index is 1.98. The minimum atomic E-state index is 0.216. The van der Waals surface area contributed by atoms with E-state index in [1.54, 1.807) is 55.4 Å². The van der Waals surface area contributed by atoms with Gasteiger partial charge in [-0.05, 0) is 24.3 Å². The molecule has 2 aromatic carbocycles. The maximum absolute atomic E-state index is 9.33. The summed E-state index contributed by atoms with van der Waals surface area (Å²) in [4.78, 5) is 0. The molecule has 0 saturated heterocycles. The van der Waals surface area contributed by atoms with Crippen molar-refractivity contribution in [3.8, 4) is 34.2 Å². The first-order valence-corrected chi connectivity index (χ1v) is 6.65. The number of methoxy groups -OCH3 is 2. The van der Waals surface area contributed by atoms with E-state index in [1.807, 2.05) is 12.1 Å². The predicted molar refractivity (Wildman–Crippen MR) is 81.6 cm³/mol. The largest absolute Gasteiger partial charge is 0.508 e. The van der Waals surface area contributed by atoms with Crippen LogP contribution in [-0.2, 0) is 0 Å². The molecule has 6 heteroatoms. The van der Waals surface area contributed by atoms with Crippen LogP contribution in [0.2, 0.25) is 0 Å². The highest BCUT2D eigenvalue weighted by Gasteiger charge is 2.08. The average molecular weight is 297 g/mol. The second-order valence-electron chi connectivity index (χ2n) is 4.67. The van der Waals surface area contributed by atoms with Gasteiger partial charge in [0.05, 0.1) is 26.1 Å². The lowest BCUT2D eigenvalue weighted by molar-refractivity contribution is 0.394. The summed E-state index contributed by atoms with van der Waals surface area (Å²) in [6.45, 7) is 0. The van der Waals surface area contributed by atoms with Crippen molar-refractivity contribution >= 4 is 0 Å². The van der Waals surface area contributed by atoms with E-state index in [-0.39, 0.29) is 5.75 Å². The van der Waals surface area contributed by atoms with E-state index in [1.165, 1.54) is 0 Å². The minimum Gasteiger partial charge on any atom is -0.508 e. The minimum absolute atomic E-state index is 0.216.